The van der Waals surface area contributed by atoms with Gasteiger partial charge in [0.1, 0.15) is 0 Å². The van der Waals surface area contributed by atoms with Gasteiger partial charge in [0.2, 0.25) is 18.6 Å². The first-order valence-electron chi connectivity index (χ1n) is 8.82. The van der Waals surface area contributed by atoms with E-state index < -0.39 is 15.7 Å². The second kappa shape index (κ2) is 7.92. The minimum absolute atomic E-state index is 0.00774. The molecular formula is C19H17N3O6S. The number of carbonyl (C=O) groups excluding carboxylic acids is 1. The van der Waals surface area contributed by atoms with Gasteiger partial charge >= 0.3 is 6.01 Å². The van der Waals surface area contributed by atoms with Crippen LogP contribution in [0, 0.1) is 0 Å². The van der Waals surface area contributed by atoms with E-state index in [1.807, 2.05) is 0 Å². The van der Waals surface area contributed by atoms with E-state index in [2.05, 4.69) is 15.5 Å². The van der Waals surface area contributed by atoms with Crippen molar-refractivity contribution in [1.82, 2.24) is 10.2 Å². The highest BCUT2D eigenvalue weighted by Gasteiger charge is 2.18. The number of rotatable bonds is 7. The summed E-state index contributed by atoms with van der Waals surface area (Å²) in [6.45, 7) is 0.157. The molecule has 0 bridgehead atoms. The van der Waals surface area contributed by atoms with Gasteiger partial charge in [-0.1, -0.05) is 23.3 Å². The molecule has 1 aliphatic rings. The second-order valence-electron chi connectivity index (χ2n) is 6.26. The molecule has 2 aromatic carbocycles. The van der Waals surface area contributed by atoms with Crippen LogP contribution >= 0.6 is 0 Å². The van der Waals surface area contributed by atoms with Crippen LogP contribution < -0.4 is 14.8 Å². The highest BCUT2D eigenvalue weighted by atomic mass is 32.2. The van der Waals surface area contributed by atoms with E-state index in [9.17, 15) is 13.2 Å². The SMILES string of the molecule is O=C(CCCS(=O)(=O)c1ccccc1)Nc1nnc(-c2ccc3c(c2)OCO3)o1. The molecule has 0 fully saturated rings. The molecule has 0 spiro atoms. The van der Waals surface area contributed by atoms with Gasteiger partial charge in [0.25, 0.3) is 0 Å². The van der Waals surface area contributed by atoms with Crippen molar-refractivity contribution in [1.29, 1.82) is 0 Å². The molecule has 9 nitrogen and oxygen atoms in total. The van der Waals surface area contributed by atoms with Crippen LogP contribution in [0.4, 0.5) is 6.01 Å². The molecule has 0 aliphatic carbocycles. The molecule has 4 rings (SSSR count). The average molecular weight is 415 g/mol. The fourth-order valence-corrected chi connectivity index (χ4v) is 4.10. The Bertz CT molecular complexity index is 1130. The summed E-state index contributed by atoms with van der Waals surface area (Å²) in [6.07, 6.45) is 0.181. The standard InChI is InChI=1S/C19H17N3O6S/c23-17(7-4-10-29(24,25)14-5-2-1-3-6-14)20-19-22-21-18(28-19)13-8-9-15-16(11-13)27-12-26-15/h1-3,5-6,8-9,11H,4,7,10,12H2,(H,20,22,23). The molecule has 1 N–H and O–H groups in total. The van der Waals surface area contributed by atoms with Crippen molar-refractivity contribution >= 4 is 21.8 Å². The van der Waals surface area contributed by atoms with Crippen LogP contribution in [0.3, 0.4) is 0 Å². The lowest BCUT2D eigenvalue weighted by Crippen LogP contribution is -2.14. The first-order chi connectivity index (χ1) is 14.0. The van der Waals surface area contributed by atoms with Gasteiger partial charge in [0.05, 0.1) is 10.6 Å². The number of benzene rings is 2. The molecular weight excluding hydrogens is 398 g/mol. The molecule has 1 amide bonds. The minimum atomic E-state index is -3.42. The van der Waals surface area contributed by atoms with Gasteiger partial charge in [-0.15, -0.1) is 5.10 Å². The van der Waals surface area contributed by atoms with Crippen molar-refractivity contribution in [2.75, 3.05) is 17.9 Å². The summed E-state index contributed by atoms with van der Waals surface area (Å²) in [5, 5.41) is 10.2. The summed E-state index contributed by atoms with van der Waals surface area (Å²) in [5.74, 6) is 0.883. The average Bonchev–Trinajstić information content (AvgIpc) is 3.37. The fraction of sp³-hybridized carbons (Fsp3) is 0.211. The third kappa shape index (κ3) is 4.37. The van der Waals surface area contributed by atoms with E-state index in [1.54, 1.807) is 36.4 Å². The maximum Gasteiger partial charge on any atom is 0.322 e. The molecule has 0 saturated heterocycles. The topological polar surface area (TPSA) is 121 Å². The van der Waals surface area contributed by atoms with Crippen LogP contribution in [-0.2, 0) is 14.6 Å². The van der Waals surface area contributed by atoms with Crippen molar-refractivity contribution in [2.24, 2.45) is 0 Å². The van der Waals surface area contributed by atoms with E-state index in [0.29, 0.717) is 17.1 Å². The zero-order valence-electron chi connectivity index (χ0n) is 15.2. The molecule has 1 aliphatic heterocycles. The lowest BCUT2D eigenvalue weighted by molar-refractivity contribution is -0.116. The Hall–Kier alpha value is -3.40. The molecule has 29 heavy (non-hydrogen) atoms. The van der Waals surface area contributed by atoms with Crippen molar-refractivity contribution in [3.05, 3.63) is 48.5 Å². The number of hydrogen-bond acceptors (Lipinski definition) is 8. The van der Waals surface area contributed by atoms with Gasteiger partial charge < -0.3 is 13.9 Å². The van der Waals surface area contributed by atoms with E-state index in [-0.39, 0.29) is 42.2 Å². The number of anilines is 1. The number of aromatic nitrogens is 2. The number of sulfone groups is 1. The molecule has 0 atom stereocenters. The van der Waals surface area contributed by atoms with Crippen LogP contribution in [-0.4, -0.2) is 37.1 Å². The number of fused-ring (bicyclic) bond motifs is 1. The first-order valence-corrected chi connectivity index (χ1v) is 10.5. The molecule has 150 valence electrons. The Kier molecular flexibility index (Phi) is 5.17. The van der Waals surface area contributed by atoms with Gasteiger partial charge in [-0.3, -0.25) is 10.1 Å². The van der Waals surface area contributed by atoms with Gasteiger partial charge in [0, 0.05) is 12.0 Å². The Morgan fingerprint density at radius 3 is 2.66 bits per heavy atom. The Balaban J connectivity index is 1.32. The number of carbonyl (C=O) groups is 1. The summed E-state index contributed by atoms with van der Waals surface area (Å²) >= 11 is 0. The highest BCUT2D eigenvalue weighted by Crippen LogP contribution is 2.35. The Morgan fingerprint density at radius 2 is 1.83 bits per heavy atom. The fourth-order valence-electron chi connectivity index (χ4n) is 2.77. The van der Waals surface area contributed by atoms with Crippen LogP contribution in [0.1, 0.15) is 12.8 Å². The number of nitrogens with one attached hydrogen (secondary N) is 1. The van der Waals surface area contributed by atoms with E-state index in [1.165, 1.54) is 12.1 Å². The number of ether oxygens (including phenoxy) is 2. The van der Waals surface area contributed by atoms with Crippen molar-refractivity contribution in [2.45, 2.75) is 17.7 Å². The maximum atomic E-state index is 12.2. The predicted molar refractivity (Wildman–Crippen MR) is 102 cm³/mol. The highest BCUT2D eigenvalue weighted by molar-refractivity contribution is 7.91. The van der Waals surface area contributed by atoms with E-state index >= 15 is 0 Å². The smallest absolute Gasteiger partial charge is 0.322 e. The van der Waals surface area contributed by atoms with Gasteiger partial charge in [-0.2, -0.15) is 0 Å². The summed E-state index contributed by atoms with van der Waals surface area (Å²) in [5.41, 5.74) is 0.621. The molecule has 10 heteroatoms. The van der Waals surface area contributed by atoms with Gasteiger partial charge in [0.15, 0.2) is 21.3 Å². The summed E-state index contributed by atoms with van der Waals surface area (Å²) in [6, 6.07) is 13.2. The van der Waals surface area contributed by atoms with E-state index in [0.717, 1.165) is 0 Å². The monoisotopic (exact) mass is 415 g/mol. The molecule has 2 heterocycles. The maximum absolute atomic E-state index is 12.2. The number of amides is 1. The normalized spacial score (nSPS) is 12.7. The lowest BCUT2D eigenvalue weighted by Gasteiger charge is -2.04. The third-order valence-corrected chi connectivity index (χ3v) is 6.03. The summed E-state index contributed by atoms with van der Waals surface area (Å²) in [7, 11) is -3.42. The quantitative estimate of drug-likeness (QED) is 0.625. The minimum Gasteiger partial charge on any atom is -0.454 e. The second-order valence-corrected chi connectivity index (χ2v) is 8.37. The molecule has 0 saturated carbocycles. The summed E-state index contributed by atoms with van der Waals surface area (Å²) in [4.78, 5) is 12.3. The predicted octanol–water partition coefficient (Wildman–Crippen LogP) is 2.66. The van der Waals surface area contributed by atoms with Crippen molar-refractivity contribution < 1.29 is 27.1 Å². The lowest BCUT2D eigenvalue weighted by atomic mass is 10.2. The third-order valence-electron chi connectivity index (χ3n) is 4.21. The molecule has 0 radical (unpaired) electrons. The van der Waals surface area contributed by atoms with Crippen LogP contribution in [0.5, 0.6) is 11.5 Å². The number of hydrogen-bond donors (Lipinski definition) is 1. The Labute approximate surface area is 166 Å². The van der Waals surface area contributed by atoms with Crippen molar-refractivity contribution in [3.8, 4) is 23.0 Å². The van der Waals surface area contributed by atoms with Gasteiger partial charge in [-0.05, 0) is 36.8 Å². The van der Waals surface area contributed by atoms with Crippen LogP contribution in [0.2, 0.25) is 0 Å². The Morgan fingerprint density at radius 1 is 1.03 bits per heavy atom. The number of nitrogens with zero attached hydrogens (tertiary/aromatic N) is 2. The largest absolute Gasteiger partial charge is 0.454 e. The van der Waals surface area contributed by atoms with Crippen LogP contribution in [0.15, 0.2) is 57.8 Å². The molecule has 0 unspecified atom stereocenters. The van der Waals surface area contributed by atoms with E-state index in [4.69, 9.17) is 13.9 Å². The molecule has 1 aromatic heterocycles. The zero-order chi connectivity index (χ0) is 20.3. The summed E-state index contributed by atoms with van der Waals surface area (Å²) < 4.78 is 40.4. The first kappa shape index (κ1) is 18.9. The molecule has 3 aromatic rings. The van der Waals surface area contributed by atoms with Crippen LogP contribution in [0.25, 0.3) is 11.5 Å². The zero-order valence-corrected chi connectivity index (χ0v) is 16.0. The van der Waals surface area contributed by atoms with Gasteiger partial charge in [-0.25, -0.2) is 8.42 Å². The van der Waals surface area contributed by atoms with Crippen molar-refractivity contribution in [3.63, 3.8) is 0 Å².